The van der Waals surface area contributed by atoms with Crippen LogP contribution in [0.25, 0.3) is 11.1 Å². The molecule has 0 atom stereocenters. The SMILES string of the molecule is CCN(C)Cc1ccc2ncoc2c1. The van der Waals surface area contributed by atoms with Gasteiger partial charge in [0.25, 0.3) is 0 Å². The molecule has 1 aromatic carbocycles. The van der Waals surface area contributed by atoms with Gasteiger partial charge in [-0.25, -0.2) is 4.98 Å². The molecule has 0 unspecified atom stereocenters. The zero-order valence-corrected chi connectivity index (χ0v) is 8.53. The van der Waals surface area contributed by atoms with Crippen molar-refractivity contribution in [3.8, 4) is 0 Å². The maximum Gasteiger partial charge on any atom is 0.181 e. The van der Waals surface area contributed by atoms with Crippen molar-refractivity contribution >= 4 is 11.1 Å². The minimum Gasteiger partial charge on any atom is -0.443 e. The maximum absolute atomic E-state index is 5.24. The summed E-state index contributed by atoms with van der Waals surface area (Å²) >= 11 is 0. The van der Waals surface area contributed by atoms with Gasteiger partial charge in [-0.2, -0.15) is 0 Å². The second-order valence-electron chi connectivity index (χ2n) is 3.48. The largest absolute Gasteiger partial charge is 0.443 e. The molecule has 0 radical (unpaired) electrons. The predicted molar refractivity (Wildman–Crippen MR) is 56.0 cm³/mol. The Morgan fingerprint density at radius 3 is 3.07 bits per heavy atom. The van der Waals surface area contributed by atoms with E-state index in [1.54, 1.807) is 0 Å². The lowest BCUT2D eigenvalue weighted by atomic mass is 10.2. The van der Waals surface area contributed by atoms with Crippen molar-refractivity contribution in [2.24, 2.45) is 0 Å². The summed E-state index contributed by atoms with van der Waals surface area (Å²) in [6.07, 6.45) is 1.48. The highest BCUT2D eigenvalue weighted by Gasteiger charge is 2.01. The Kier molecular flexibility index (Phi) is 2.50. The van der Waals surface area contributed by atoms with E-state index in [0.29, 0.717) is 0 Å². The Hall–Kier alpha value is -1.35. The van der Waals surface area contributed by atoms with E-state index < -0.39 is 0 Å². The molecule has 0 N–H and O–H groups in total. The van der Waals surface area contributed by atoms with Crippen molar-refractivity contribution in [2.45, 2.75) is 13.5 Å². The topological polar surface area (TPSA) is 29.3 Å². The molecule has 3 nitrogen and oxygen atoms in total. The predicted octanol–water partition coefficient (Wildman–Crippen LogP) is 2.28. The average molecular weight is 190 g/mol. The fourth-order valence-corrected chi connectivity index (χ4v) is 1.42. The number of nitrogens with zero attached hydrogens (tertiary/aromatic N) is 2. The molecule has 0 aliphatic rings. The van der Waals surface area contributed by atoms with Gasteiger partial charge in [0.15, 0.2) is 12.0 Å². The molecular formula is C11H14N2O. The fourth-order valence-electron chi connectivity index (χ4n) is 1.42. The molecular weight excluding hydrogens is 176 g/mol. The first-order valence-corrected chi connectivity index (χ1v) is 4.80. The number of fused-ring (bicyclic) bond motifs is 1. The Morgan fingerprint density at radius 2 is 2.29 bits per heavy atom. The highest BCUT2D eigenvalue weighted by atomic mass is 16.3. The number of oxazole rings is 1. The molecule has 0 saturated heterocycles. The minimum atomic E-state index is 0.868. The van der Waals surface area contributed by atoms with Gasteiger partial charge < -0.3 is 9.32 Å². The van der Waals surface area contributed by atoms with Crippen LogP contribution in [0, 0.1) is 0 Å². The second-order valence-corrected chi connectivity index (χ2v) is 3.48. The van der Waals surface area contributed by atoms with Crippen LogP contribution in [0.5, 0.6) is 0 Å². The number of benzene rings is 1. The van der Waals surface area contributed by atoms with Gasteiger partial charge in [-0.3, -0.25) is 0 Å². The van der Waals surface area contributed by atoms with Crippen molar-refractivity contribution in [1.82, 2.24) is 9.88 Å². The molecule has 1 aromatic heterocycles. The van der Waals surface area contributed by atoms with Crippen molar-refractivity contribution < 1.29 is 4.42 Å². The maximum atomic E-state index is 5.24. The minimum absolute atomic E-state index is 0.868. The summed E-state index contributed by atoms with van der Waals surface area (Å²) < 4.78 is 5.24. The normalized spacial score (nSPS) is 11.4. The number of hydrogen-bond donors (Lipinski definition) is 0. The lowest BCUT2D eigenvalue weighted by Gasteiger charge is -2.13. The first-order chi connectivity index (χ1) is 6.79. The zero-order valence-electron chi connectivity index (χ0n) is 8.53. The molecule has 0 aliphatic carbocycles. The molecule has 1 heterocycles. The van der Waals surface area contributed by atoms with Crippen LogP contribution in [0.4, 0.5) is 0 Å². The van der Waals surface area contributed by atoms with Gasteiger partial charge in [0.05, 0.1) is 0 Å². The summed E-state index contributed by atoms with van der Waals surface area (Å²) in [5, 5.41) is 0. The van der Waals surface area contributed by atoms with Crippen LogP contribution in [-0.2, 0) is 6.54 Å². The lowest BCUT2D eigenvalue weighted by Crippen LogP contribution is -2.16. The van der Waals surface area contributed by atoms with Gasteiger partial charge in [0.2, 0.25) is 0 Å². The molecule has 0 saturated carbocycles. The van der Waals surface area contributed by atoms with E-state index in [1.165, 1.54) is 12.0 Å². The number of hydrogen-bond acceptors (Lipinski definition) is 3. The highest BCUT2D eigenvalue weighted by Crippen LogP contribution is 2.15. The van der Waals surface area contributed by atoms with E-state index in [4.69, 9.17) is 4.42 Å². The molecule has 0 amide bonds. The fraction of sp³-hybridized carbons (Fsp3) is 0.364. The quantitative estimate of drug-likeness (QED) is 0.743. The summed E-state index contributed by atoms with van der Waals surface area (Å²) in [4.78, 5) is 6.33. The molecule has 3 heteroatoms. The number of aromatic nitrogens is 1. The van der Waals surface area contributed by atoms with Gasteiger partial charge in [0, 0.05) is 6.54 Å². The van der Waals surface area contributed by atoms with Gasteiger partial charge in [-0.1, -0.05) is 13.0 Å². The zero-order chi connectivity index (χ0) is 9.97. The van der Waals surface area contributed by atoms with Crippen LogP contribution in [0.2, 0.25) is 0 Å². The first-order valence-electron chi connectivity index (χ1n) is 4.80. The first kappa shape index (κ1) is 9.21. The van der Waals surface area contributed by atoms with Crippen LogP contribution >= 0.6 is 0 Å². The van der Waals surface area contributed by atoms with Gasteiger partial charge in [-0.15, -0.1) is 0 Å². The summed E-state index contributed by atoms with van der Waals surface area (Å²) in [6, 6.07) is 6.14. The second kappa shape index (κ2) is 3.80. The molecule has 0 bridgehead atoms. The highest BCUT2D eigenvalue weighted by molar-refractivity contribution is 5.72. The van der Waals surface area contributed by atoms with Crippen molar-refractivity contribution in [1.29, 1.82) is 0 Å². The summed E-state index contributed by atoms with van der Waals surface area (Å²) in [6.45, 7) is 4.15. The Morgan fingerprint density at radius 1 is 1.43 bits per heavy atom. The average Bonchev–Trinajstić information content (AvgIpc) is 2.64. The monoisotopic (exact) mass is 190 g/mol. The molecule has 74 valence electrons. The standard InChI is InChI=1S/C11H14N2O/c1-3-13(2)7-9-4-5-10-11(6-9)14-8-12-10/h4-6,8H,3,7H2,1-2H3. The van der Waals surface area contributed by atoms with Gasteiger partial charge in [-0.05, 0) is 31.3 Å². The smallest absolute Gasteiger partial charge is 0.181 e. The molecule has 0 aliphatic heterocycles. The number of rotatable bonds is 3. The lowest BCUT2D eigenvalue weighted by molar-refractivity contribution is 0.346. The van der Waals surface area contributed by atoms with Crippen molar-refractivity contribution in [3.05, 3.63) is 30.2 Å². The van der Waals surface area contributed by atoms with Crippen LogP contribution in [0.15, 0.2) is 29.0 Å². The van der Waals surface area contributed by atoms with Crippen LogP contribution in [0.3, 0.4) is 0 Å². The summed E-state index contributed by atoms with van der Waals surface area (Å²) in [5.41, 5.74) is 3.05. The van der Waals surface area contributed by atoms with Crippen LogP contribution < -0.4 is 0 Å². The molecule has 0 fully saturated rings. The van der Waals surface area contributed by atoms with Crippen LogP contribution in [0.1, 0.15) is 12.5 Å². The van der Waals surface area contributed by atoms with Crippen molar-refractivity contribution in [3.63, 3.8) is 0 Å². The third-order valence-corrected chi connectivity index (χ3v) is 2.39. The Bertz CT molecular complexity index is 422. The van der Waals surface area contributed by atoms with E-state index in [1.807, 2.05) is 6.07 Å². The van der Waals surface area contributed by atoms with E-state index in [9.17, 15) is 0 Å². The van der Waals surface area contributed by atoms with Crippen molar-refractivity contribution in [2.75, 3.05) is 13.6 Å². The van der Waals surface area contributed by atoms with E-state index in [-0.39, 0.29) is 0 Å². The molecule has 2 rings (SSSR count). The third kappa shape index (κ3) is 1.77. The van der Waals surface area contributed by atoms with Crippen LogP contribution in [-0.4, -0.2) is 23.5 Å². The Labute approximate surface area is 83.3 Å². The summed E-state index contributed by atoms with van der Waals surface area (Å²) in [7, 11) is 2.10. The molecule has 0 spiro atoms. The van der Waals surface area contributed by atoms with E-state index in [0.717, 1.165) is 24.2 Å². The molecule has 2 aromatic rings. The van der Waals surface area contributed by atoms with E-state index in [2.05, 4.69) is 36.0 Å². The molecule has 14 heavy (non-hydrogen) atoms. The third-order valence-electron chi connectivity index (χ3n) is 2.39. The Balaban J connectivity index is 2.25. The van der Waals surface area contributed by atoms with E-state index >= 15 is 0 Å². The summed E-state index contributed by atoms with van der Waals surface area (Å²) in [5.74, 6) is 0. The van der Waals surface area contributed by atoms with Gasteiger partial charge >= 0.3 is 0 Å². The van der Waals surface area contributed by atoms with Gasteiger partial charge in [0.1, 0.15) is 5.52 Å².